The third-order valence-corrected chi connectivity index (χ3v) is 4.19. The third kappa shape index (κ3) is 3.03. The topological polar surface area (TPSA) is 92.5 Å². The van der Waals surface area contributed by atoms with Crippen molar-refractivity contribution in [2.24, 2.45) is 5.41 Å². The average Bonchev–Trinajstić information content (AvgIpc) is 3.19. The number of non-ortho nitro benzene ring substituents is 1. The van der Waals surface area contributed by atoms with Gasteiger partial charge in [0, 0.05) is 24.1 Å². The number of carbonyl (C=O) groups excluding carboxylic acids is 1. The number of benzene rings is 1. The van der Waals surface area contributed by atoms with Gasteiger partial charge < -0.3 is 10.4 Å². The molecule has 6 nitrogen and oxygen atoms in total. The lowest BCUT2D eigenvalue weighted by Crippen LogP contribution is -2.32. The van der Waals surface area contributed by atoms with Crippen LogP contribution in [-0.4, -0.2) is 29.1 Å². The van der Waals surface area contributed by atoms with E-state index in [-0.39, 0.29) is 33.3 Å². The van der Waals surface area contributed by atoms with Gasteiger partial charge in [0.05, 0.1) is 27.1 Å². The fourth-order valence-corrected chi connectivity index (χ4v) is 2.18. The van der Waals surface area contributed by atoms with Crippen molar-refractivity contribution in [1.29, 1.82) is 0 Å². The highest BCUT2D eigenvalue weighted by atomic mass is 35.5. The number of aliphatic hydroxyl groups excluding tert-OH is 1. The van der Waals surface area contributed by atoms with Gasteiger partial charge in [0.25, 0.3) is 11.6 Å². The van der Waals surface area contributed by atoms with Crippen molar-refractivity contribution < 1.29 is 14.8 Å². The van der Waals surface area contributed by atoms with Crippen molar-refractivity contribution in [3.8, 4) is 0 Å². The molecule has 0 aliphatic heterocycles. The van der Waals surface area contributed by atoms with Crippen LogP contribution in [0, 0.1) is 15.5 Å². The van der Waals surface area contributed by atoms with Crippen molar-refractivity contribution in [1.82, 2.24) is 5.32 Å². The van der Waals surface area contributed by atoms with E-state index in [1.807, 2.05) is 0 Å². The zero-order chi connectivity index (χ0) is 14.9. The Hall–Kier alpha value is -1.37. The van der Waals surface area contributed by atoms with Gasteiger partial charge in [0.1, 0.15) is 0 Å². The Labute approximate surface area is 124 Å². The summed E-state index contributed by atoms with van der Waals surface area (Å²) in [5, 5.41) is 22.5. The normalized spacial score (nSPS) is 15.8. The van der Waals surface area contributed by atoms with Gasteiger partial charge in [-0.05, 0) is 12.8 Å². The molecule has 0 unspecified atom stereocenters. The van der Waals surface area contributed by atoms with E-state index in [0.717, 1.165) is 25.0 Å². The van der Waals surface area contributed by atoms with Gasteiger partial charge in [-0.2, -0.15) is 0 Å². The first-order chi connectivity index (χ1) is 9.38. The molecular formula is C12H12Cl2N2O4. The standard InChI is InChI=1S/C12H12Cl2N2O4/c13-9-4-7(16(19)20)3-8(10(9)14)11(18)15-5-12(6-17)1-2-12/h3-4,17H,1-2,5-6H2,(H,15,18). The second kappa shape index (κ2) is 5.55. The van der Waals surface area contributed by atoms with E-state index in [2.05, 4.69) is 5.32 Å². The van der Waals surface area contributed by atoms with Gasteiger partial charge in [0.15, 0.2) is 0 Å². The molecule has 1 amide bonds. The summed E-state index contributed by atoms with van der Waals surface area (Å²) in [4.78, 5) is 22.1. The fourth-order valence-electron chi connectivity index (χ4n) is 1.78. The fraction of sp³-hybridized carbons (Fsp3) is 0.417. The molecule has 1 aromatic rings. The molecule has 0 aromatic heterocycles. The van der Waals surface area contributed by atoms with Crippen molar-refractivity contribution in [3.05, 3.63) is 37.9 Å². The van der Waals surface area contributed by atoms with E-state index in [9.17, 15) is 14.9 Å². The highest BCUT2D eigenvalue weighted by Gasteiger charge is 2.42. The molecule has 1 saturated carbocycles. The molecular weight excluding hydrogens is 307 g/mol. The zero-order valence-electron chi connectivity index (χ0n) is 10.4. The smallest absolute Gasteiger partial charge is 0.271 e. The molecule has 108 valence electrons. The molecule has 0 saturated heterocycles. The summed E-state index contributed by atoms with van der Waals surface area (Å²) >= 11 is 11.7. The molecule has 0 atom stereocenters. The summed E-state index contributed by atoms with van der Waals surface area (Å²) in [5.41, 5.74) is -0.598. The Morgan fingerprint density at radius 2 is 2.10 bits per heavy atom. The lowest BCUT2D eigenvalue weighted by molar-refractivity contribution is -0.384. The largest absolute Gasteiger partial charge is 0.396 e. The number of aliphatic hydroxyl groups is 1. The number of nitrogens with one attached hydrogen (secondary N) is 1. The van der Waals surface area contributed by atoms with Crippen LogP contribution in [0.3, 0.4) is 0 Å². The first-order valence-electron chi connectivity index (χ1n) is 5.91. The predicted molar refractivity (Wildman–Crippen MR) is 74.2 cm³/mol. The van der Waals surface area contributed by atoms with Crippen LogP contribution in [0.1, 0.15) is 23.2 Å². The van der Waals surface area contributed by atoms with Crippen molar-refractivity contribution in [2.75, 3.05) is 13.2 Å². The summed E-state index contributed by atoms with van der Waals surface area (Å²) in [6.07, 6.45) is 1.68. The number of halogens is 2. The van der Waals surface area contributed by atoms with Gasteiger partial charge in [-0.3, -0.25) is 14.9 Å². The average molecular weight is 319 g/mol. The molecule has 1 aliphatic rings. The molecule has 2 rings (SSSR count). The summed E-state index contributed by atoms with van der Waals surface area (Å²) < 4.78 is 0. The van der Waals surface area contributed by atoms with E-state index in [1.165, 1.54) is 0 Å². The van der Waals surface area contributed by atoms with Crippen molar-refractivity contribution >= 4 is 34.8 Å². The van der Waals surface area contributed by atoms with Crippen LogP contribution < -0.4 is 5.32 Å². The molecule has 1 aliphatic carbocycles. The van der Waals surface area contributed by atoms with Crippen LogP contribution in [0.15, 0.2) is 12.1 Å². The highest BCUT2D eigenvalue weighted by molar-refractivity contribution is 6.44. The zero-order valence-corrected chi connectivity index (χ0v) is 11.9. The number of nitrogens with zero attached hydrogens (tertiary/aromatic N) is 1. The van der Waals surface area contributed by atoms with Gasteiger partial charge in [-0.15, -0.1) is 0 Å². The van der Waals surface area contributed by atoms with Gasteiger partial charge >= 0.3 is 0 Å². The monoisotopic (exact) mass is 318 g/mol. The van der Waals surface area contributed by atoms with Gasteiger partial charge in [-0.1, -0.05) is 23.2 Å². The van der Waals surface area contributed by atoms with Crippen LogP contribution in [0.5, 0.6) is 0 Å². The van der Waals surface area contributed by atoms with E-state index >= 15 is 0 Å². The van der Waals surface area contributed by atoms with Crippen LogP contribution in [-0.2, 0) is 0 Å². The summed E-state index contributed by atoms with van der Waals surface area (Å²) in [6, 6.07) is 2.18. The molecule has 0 bridgehead atoms. The lowest BCUT2D eigenvalue weighted by atomic mass is 10.1. The van der Waals surface area contributed by atoms with Crippen LogP contribution in [0.25, 0.3) is 0 Å². The minimum atomic E-state index is -0.644. The number of nitro groups is 1. The Balaban J connectivity index is 2.18. The molecule has 0 heterocycles. The molecule has 0 spiro atoms. The highest BCUT2D eigenvalue weighted by Crippen LogP contribution is 2.44. The first-order valence-corrected chi connectivity index (χ1v) is 6.67. The quantitative estimate of drug-likeness (QED) is 0.644. The number of rotatable bonds is 5. The Morgan fingerprint density at radius 1 is 1.45 bits per heavy atom. The molecule has 1 fully saturated rings. The summed E-state index contributed by atoms with van der Waals surface area (Å²) in [7, 11) is 0. The SMILES string of the molecule is O=C(NCC1(CO)CC1)c1cc([N+](=O)[O-])cc(Cl)c1Cl. The summed E-state index contributed by atoms with van der Waals surface area (Å²) in [5.74, 6) is -0.541. The first kappa shape index (κ1) is 15.0. The minimum Gasteiger partial charge on any atom is -0.396 e. The van der Waals surface area contributed by atoms with E-state index in [0.29, 0.717) is 6.54 Å². The molecule has 1 aromatic carbocycles. The maximum Gasteiger partial charge on any atom is 0.271 e. The minimum absolute atomic E-state index is 0.00327. The van der Waals surface area contributed by atoms with Crippen molar-refractivity contribution in [2.45, 2.75) is 12.8 Å². The second-order valence-electron chi connectivity index (χ2n) is 4.89. The number of carbonyl (C=O) groups is 1. The Morgan fingerprint density at radius 3 is 2.60 bits per heavy atom. The maximum absolute atomic E-state index is 12.0. The van der Waals surface area contributed by atoms with Gasteiger partial charge in [0.2, 0.25) is 0 Å². The second-order valence-corrected chi connectivity index (χ2v) is 5.67. The molecule has 2 N–H and O–H groups in total. The number of hydrogen-bond acceptors (Lipinski definition) is 4. The molecule has 8 heteroatoms. The van der Waals surface area contributed by atoms with Gasteiger partial charge in [-0.25, -0.2) is 0 Å². The van der Waals surface area contributed by atoms with Crippen molar-refractivity contribution in [3.63, 3.8) is 0 Å². The van der Waals surface area contributed by atoms with E-state index < -0.39 is 10.8 Å². The molecule has 0 radical (unpaired) electrons. The number of amides is 1. The predicted octanol–water partition coefficient (Wildman–Crippen LogP) is 2.40. The number of hydrogen-bond donors (Lipinski definition) is 2. The van der Waals surface area contributed by atoms with Crippen LogP contribution >= 0.6 is 23.2 Å². The lowest BCUT2D eigenvalue weighted by Gasteiger charge is -2.13. The van der Waals surface area contributed by atoms with Crippen LogP contribution in [0.4, 0.5) is 5.69 Å². The Bertz CT molecular complexity index is 573. The summed E-state index contributed by atoms with van der Waals surface area (Å²) in [6.45, 7) is 0.301. The van der Waals surface area contributed by atoms with Crippen LogP contribution in [0.2, 0.25) is 10.0 Å². The third-order valence-electron chi connectivity index (χ3n) is 3.38. The van der Waals surface area contributed by atoms with E-state index in [1.54, 1.807) is 0 Å². The number of nitro benzene ring substituents is 1. The molecule has 20 heavy (non-hydrogen) atoms. The van der Waals surface area contributed by atoms with E-state index in [4.69, 9.17) is 28.3 Å². The maximum atomic E-state index is 12.0. The Kier molecular flexibility index (Phi) is 4.17.